The van der Waals surface area contributed by atoms with Gasteiger partial charge in [0.25, 0.3) is 11.4 Å². The summed E-state index contributed by atoms with van der Waals surface area (Å²) in [4.78, 5) is 20.1. The van der Waals surface area contributed by atoms with E-state index in [9.17, 15) is 35.5 Å². The second-order valence-electron chi connectivity index (χ2n) is 5.10. The third-order valence-electron chi connectivity index (χ3n) is 3.60. The van der Waals surface area contributed by atoms with Crippen molar-refractivity contribution in [3.63, 3.8) is 0 Å². The number of nitrogens with zero attached hydrogens (tertiary/aromatic N) is 2. The fourth-order valence-corrected chi connectivity index (χ4v) is 2.45. The molecule has 126 valence electrons. The number of non-ortho nitro benzene ring substituents is 1. The quantitative estimate of drug-likeness (QED) is 0.404. The minimum Gasteiger partial charge on any atom is -0.394 e. The number of hydrogen-bond acceptors (Lipinski definition) is 9. The first-order chi connectivity index (χ1) is 10.7. The lowest BCUT2D eigenvalue weighted by Crippen LogP contribution is -2.54. The van der Waals surface area contributed by atoms with Crippen LogP contribution in [0, 0.1) is 20.2 Å². The van der Waals surface area contributed by atoms with Crippen LogP contribution in [-0.2, 0) is 10.5 Å². The second kappa shape index (κ2) is 6.14. The van der Waals surface area contributed by atoms with Gasteiger partial charge in [0.2, 0.25) is 5.79 Å². The lowest BCUT2D eigenvalue weighted by atomic mass is 9.90. The Hall–Kier alpha value is -2.18. The Bertz CT molecular complexity index is 637. The second-order valence-corrected chi connectivity index (χ2v) is 5.10. The summed E-state index contributed by atoms with van der Waals surface area (Å²) in [6.45, 7) is -0.749. The molecule has 1 fully saturated rings. The molecule has 0 bridgehead atoms. The van der Waals surface area contributed by atoms with Crippen LogP contribution in [0.4, 0.5) is 11.4 Å². The standard InChI is InChI=1S/C12H14N2O9/c15-5-10-11(17)9(16)4-12(18,23-10)7-2-1-6(13(19)20)3-8(7)14(21)22/h1-3,9-11,15-18H,4-5H2/t9-,10-,11+,12+/m1/s1. The highest BCUT2D eigenvalue weighted by Crippen LogP contribution is 2.41. The van der Waals surface area contributed by atoms with Crippen molar-refractivity contribution in [1.29, 1.82) is 0 Å². The molecule has 0 spiro atoms. The number of rotatable bonds is 4. The molecule has 0 saturated carbocycles. The summed E-state index contributed by atoms with van der Waals surface area (Å²) in [5.74, 6) is -2.39. The third kappa shape index (κ3) is 3.13. The minimum atomic E-state index is -2.39. The zero-order valence-electron chi connectivity index (χ0n) is 11.6. The van der Waals surface area contributed by atoms with Crippen LogP contribution in [0.1, 0.15) is 12.0 Å². The lowest BCUT2D eigenvalue weighted by Gasteiger charge is -2.41. The van der Waals surface area contributed by atoms with Crippen molar-refractivity contribution in [2.45, 2.75) is 30.5 Å². The van der Waals surface area contributed by atoms with Gasteiger partial charge in [0.15, 0.2) is 0 Å². The van der Waals surface area contributed by atoms with Crippen molar-refractivity contribution in [3.8, 4) is 0 Å². The van der Waals surface area contributed by atoms with Gasteiger partial charge in [-0.2, -0.15) is 0 Å². The molecular weight excluding hydrogens is 316 g/mol. The van der Waals surface area contributed by atoms with Crippen LogP contribution in [-0.4, -0.2) is 55.2 Å². The number of nitro benzene ring substituents is 2. The fourth-order valence-electron chi connectivity index (χ4n) is 2.45. The van der Waals surface area contributed by atoms with Crippen molar-refractivity contribution in [3.05, 3.63) is 44.0 Å². The van der Waals surface area contributed by atoms with Crippen LogP contribution in [0.5, 0.6) is 0 Å². The molecule has 11 nitrogen and oxygen atoms in total. The molecule has 1 heterocycles. The Morgan fingerprint density at radius 3 is 2.43 bits per heavy atom. The summed E-state index contributed by atoms with van der Waals surface area (Å²) < 4.78 is 5.10. The van der Waals surface area contributed by atoms with E-state index in [-0.39, 0.29) is 0 Å². The van der Waals surface area contributed by atoms with Crippen LogP contribution < -0.4 is 0 Å². The van der Waals surface area contributed by atoms with Gasteiger partial charge in [0.1, 0.15) is 12.2 Å². The lowest BCUT2D eigenvalue weighted by molar-refractivity contribution is -0.398. The van der Waals surface area contributed by atoms with Crippen molar-refractivity contribution in [2.75, 3.05) is 6.61 Å². The molecule has 1 aromatic rings. The Balaban J connectivity index is 2.51. The third-order valence-corrected chi connectivity index (χ3v) is 3.60. The molecule has 0 aromatic heterocycles. The van der Waals surface area contributed by atoms with Crippen molar-refractivity contribution >= 4 is 11.4 Å². The van der Waals surface area contributed by atoms with Crippen molar-refractivity contribution in [2.24, 2.45) is 0 Å². The zero-order valence-corrected chi connectivity index (χ0v) is 11.6. The number of ether oxygens (including phenoxy) is 1. The molecule has 4 N–H and O–H groups in total. The smallest absolute Gasteiger partial charge is 0.284 e. The predicted octanol–water partition coefficient (Wildman–Crippen LogP) is -0.849. The monoisotopic (exact) mass is 330 g/mol. The average molecular weight is 330 g/mol. The maximum absolute atomic E-state index is 11.1. The van der Waals surface area contributed by atoms with Gasteiger partial charge in [-0.1, -0.05) is 0 Å². The zero-order chi connectivity index (χ0) is 17.4. The normalized spacial score (nSPS) is 30.9. The van der Waals surface area contributed by atoms with E-state index in [4.69, 9.17) is 9.84 Å². The number of nitro groups is 2. The highest BCUT2D eigenvalue weighted by Gasteiger charge is 2.49. The van der Waals surface area contributed by atoms with Crippen LogP contribution in [0.15, 0.2) is 18.2 Å². The molecule has 0 radical (unpaired) electrons. The first-order valence-corrected chi connectivity index (χ1v) is 6.50. The molecule has 1 saturated heterocycles. The highest BCUT2D eigenvalue weighted by atomic mass is 16.7. The van der Waals surface area contributed by atoms with E-state index in [1.54, 1.807) is 0 Å². The van der Waals surface area contributed by atoms with E-state index in [0.717, 1.165) is 12.1 Å². The van der Waals surface area contributed by atoms with E-state index in [1.807, 2.05) is 0 Å². The van der Waals surface area contributed by atoms with E-state index in [1.165, 1.54) is 0 Å². The molecule has 0 unspecified atom stereocenters. The van der Waals surface area contributed by atoms with Gasteiger partial charge in [0.05, 0.1) is 34.2 Å². The SMILES string of the molecule is O=[N+]([O-])c1ccc([C@]2(O)C[C@@H](O)[C@H](O)[C@@H](CO)O2)c([N+](=O)[O-])c1. The van der Waals surface area contributed by atoms with Crippen LogP contribution >= 0.6 is 0 Å². The Kier molecular flexibility index (Phi) is 4.58. The molecule has 11 heteroatoms. The Labute approximate surface area is 128 Å². The molecule has 2 rings (SSSR count). The van der Waals surface area contributed by atoms with Gasteiger partial charge in [0, 0.05) is 12.5 Å². The Morgan fingerprint density at radius 1 is 1.26 bits per heavy atom. The molecular formula is C12H14N2O9. The van der Waals surface area contributed by atoms with E-state index < -0.39 is 63.9 Å². The summed E-state index contributed by atoms with van der Waals surface area (Å²) in [5, 5.41) is 60.9. The van der Waals surface area contributed by atoms with E-state index >= 15 is 0 Å². The molecule has 0 amide bonds. The molecule has 1 aromatic carbocycles. The van der Waals surface area contributed by atoms with Crippen LogP contribution in [0.25, 0.3) is 0 Å². The molecule has 4 atom stereocenters. The molecule has 23 heavy (non-hydrogen) atoms. The maximum Gasteiger partial charge on any atom is 0.284 e. The van der Waals surface area contributed by atoms with Gasteiger partial charge in [-0.05, 0) is 6.07 Å². The first-order valence-electron chi connectivity index (χ1n) is 6.50. The van der Waals surface area contributed by atoms with Gasteiger partial charge >= 0.3 is 0 Å². The summed E-state index contributed by atoms with van der Waals surface area (Å²) in [6, 6.07) is 2.53. The van der Waals surface area contributed by atoms with Crippen LogP contribution in [0.3, 0.4) is 0 Å². The summed E-state index contributed by atoms with van der Waals surface area (Å²) in [5.41, 5.74) is -1.75. The predicted molar refractivity (Wildman–Crippen MR) is 72.2 cm³/mol. The van der Waals surface area contributed by atoms with Gasteiger partial charge in [-0.25, -0.2) is 0 Å². The number of aliphatic hydroxyl groups excluding tert-OH is 3. The van der Waals surface area contributed by atoms with E-state index in [2.05, 4.69) is 0 Å². The molecule has 1 aliphatic heterocycles. The summed E-state index contributed by atoms with van der Waals surface area (Å²) in [7, 11) is 0. The summed E-state index contributed by atoms with van der Waals surface area (Å²) >= 11 is 0. The van der Waals surface area contributed by atoms with Crippen molar-refractivity contribution < 1.29 is 35.0 Å². The molecule has 0 aliphatic carbocycles. The topological polar surface area (TPSA) is 176 Å². The number of aliphatic hydroxyl groups is 4. The maximum atomic E-state index is 11.1. The summed E-state index contributed by atoms with van der Waals surface area (Å²) in [6.07, 6.45) is -4.99. The number of hydrogen-bond donors (Lipinski definition) is 4. The number of benzene rings is 1. The average Bonchev–Trinajstić information content (AvgIpc) is 2.50. The van der Waals surface area contributed by atoms with E-state index in [0.29, 0.717) is 6.07 Å². The first kappa shape index (κ1) is 17.2. The fraction of sp³-hybridized carbons (Fsp3) is 0.500. The highest BCUT2D eigenvalue weighted by molar-refractivity contribution is 5.51. The van der Waals surface area contributed by atoms with Gasteiger partial charge in [-0.3, -0.25) is 20.2 Å². The van der Waals surface area contributed by atoms with Gasteiger partial charge < -0.3 is 25.2 Å². The van der Waals surface area contributed by atoms with Crippen molar-refractivity contribution in [1.82, 2.24) is 0 Å². The van der Waals surface area contributed by atoms with Crippen LogP contribution in [0.2, 0.25) is 0 Å². The van der Waals surface area contributed by atoms with Gasteiger partial charge in [-0.15, -0.1) is 0 Å². The molecule has 1 aliphatic rings. The largest absolute Gasteiger partial charge is 0.394 e. The Morgan fingerprint density at radius 2 is 1.91 bits per heavy atom. The minimum absolute atomic E-state index is 0.419.